The summed E-state index contributed by atoms with van der Waals surface area (Å²) in [4.78, 5) is 24.5. The lowest BCUT2D eigenvalue weighted by Gasteiger charge is -2.15. The fraction of sp³-hybridized carbons (Fsp3) is 0.683. The van der Waals surface area contributed by atoms with Crippen molar-refractivity contribution in [1.29, 1.82) is 0 Å². The van der Waals surface area contributed by atoms with Gasteiger partial charge in [0, 0.05) is 12.8 Å². The molecule has 388 valence electrons. The van der Waals surface area contributed by atoms with E-state index in [1.54, 1.807) is 0 Å². The van der Waals surface area contributed by atoms with E-state index in [1.165, 1.54) is 141 Å². The molecule has 0 aliphatic heterocycles. The maximum atomic E-state index is 12.3. The molecule has 0 bridgehead atoms. The third-order valence-electron chi connectivity index (χ3n) is 12.1. The van der Waals surface area contributed by atoms with Crippen LogP contribution in [0.3, 0.4) is 0 Å². The minimum absolute atomic E-state index is 0.0719. The summed E-state index contributed by atoms with van der Waals surface area (Å²) < 4.78 is 10.7. The molecule has 0 aromatic carbocycles. The van der Waals surface area contributed by atoms with Crippen molar-refractivity contribution in [2.75, 3.05) is 13.2 Å². The molecule has 1 N–H and O–H groups in total. The van der Waals surface area contributed by atoms with Crippen molar-refractivity contribution in [1.82, 2.24) is 0 Å². The van der Waals surface area contributed by atoms with Crippen molar-refractivity contribution in [3.05, 3.63) is 109 Å². The molecule has 0 aromatic rings. The van der Waals surface area contributed by atoms with Gasteiger partial charge in [0.25, 0.3) is 0 Å². The Balaban J connectivity index is 3.54. The average Bonchev–Trinajstić information content (AvgIpc) is 3.34. The van der Waals surface area contributed by atoms with Crippen LogP contribution in [0, 0.1) is 0 Å². The Morgan fingerprint density at radius 2 is 0.632 bits per heavy atom. The second-order valence-electron chi connectivity index (χ2n) is 18.6. The maximum absolute atomic E-state index is 12.3. The third-order valence-corrected chi connectivity index (χ3v) is 12.1. The molecule has 0 rings (SSSR count). The van der Waals surface area contributed by atoms with Crippen LogP contribution in [0.5, 0.6) is 0 Å². The van der Waals surface area contributed by atoms with E-state index in [-0.39, 0.29) is 25.2 Å². The van der Waals surface area contributed by atoms with Gasteiger partial charge in [0.05, 0.1) is 6.61 Å². The Hall–Kier alpha value is -3.44. The molecule has 0 radical (unpaired) electrons. The van der Waals surface area contributed by atoms with Gasteiger partial charge in [-0.2, -0.15) is 0 Å². The van der Waals surface area contributed by atoms with Crippen LogP contribution < -0.4 is 0 Å². The number of carbonyl (C=O) groups is 2. The summed E-state index contributed by atoms with van der Waals surface area (Å²) >= 11 is 0. The fourth-order valence-electron chi connectivity index (χ4n) is 7.80. The molecular weight excluding hydrogens is 837 g/mol. The van der Waals surface area contributed by atoms with Crippen LogP contribution in [0.4, 0.5) is 0 Å². The summed E-state index contributed by atoms with van der Waals surface area (Å²) in [5, 5.41) is 9.64. The zero-order chi connectivity index (χ0) is 49.2. The van der Waals surface area contributed by atoms with E-state index in [0.717, 1.165) is 89.9 Å². The molecule has 0 saturated heterocycles. The highest BCUT2D eigenvalue weighted by Crippen LogP contribution is 2.15. The first-order chi connectivity index (χ1) is 33.6. The number of allylic oxidation sites excluding steroid dienone is 18. The van der Waals surface area contributed by atoms with Crippen molar-refractivity contribution >= 4 is 11.9 Å². The Bertz CT molecular complexity index is 1340. The molecule has 0 saturated carbocycles. The summed E-state index contributed by atoms with van der Waals surface area (Å²) in [6, 6.07) is 0. The van der Waals surface area contributed by atoms with E-state index >= 15 is 0 Å². The lowest BCUT2D eigenvalue weighted by molar-refractivity contribution is -0.161. The minimum Gasteiger partial charge on any atom is -0.462 e. The number of esters is 2. The molecule has 5 nitrogen and oxygen atoms in total. The van der Waals surface area contributed by atoms with Gasteiger partial charge in [-0.05, 0) is 103 Å². The zero-order valence-corrected chi connectivity index (χ0v) is 44.3. The molecular formula is C63H106O5. The Labute approximate surface area is 421 Å². The fourth-order valence-corrected chi connectivity index (χ4v) is 7.80. The standard InChI is InChI=1S/C63H106O5/c1-3-5-7-9-11-13-15-17-19-21-22-23-24-25-26-27-28-29-30-31-32-33-34-35-36-37-38-39-40-42-44-46-48-50-52-54-56-58-63(66)68-61(59-64)60-67-62(65)57-55-53-51-49-47-45-43-41-20-18-16-14-12-10-8-6-4-2/h5,7,11,13,17-20,22-23,25-26,28-29,31-32,34-35,61,64H,3-4,6,8-10,12,14-16,21,24,27,30,33,36-60H2,1-2H3/b7-5-,13-11-,19-17-,20-18-,23-22-,26-25-,29-28-,32-31-,35-34-. The number of aliphatic hydroxyl groups excluding tert-OH is 1. The topological polar surface area (TPSA) is 72.8 Å². The molecule has 1 unspecified atom stereocenters. The second kappa shape index (κ2) is 57.9. The third kappa shape index (κ3) is 55.2. The van der Waals surface area contributed by atoms with Crippen molar-refractivity contribution in [2.45, 2.75) is 264 Å². The van der Waals surface area contributed by atoms with Gasteiger partial charge in [0.15, 0.2) is 6.10 Å². The molecule has 0 aliphatic rings. The Morgan fingerprint density at radius 1 is 0.353 bits per heavy atom. The molecule has 0 aromatic heterocycles. The van der Waals surface area contributed by atoms with Crippen LogP contribution in [-0.4, -0.2) is 36.4 Å². The summed E-state index contributed by atoms with van der Waals surface area (Å²) in [6.07, 6.45) is 83.4. The van der Waals surface area contributed by atoms with Crippen LogP contribution in [0.1, 0.15) is 258 Å². The summed E-state index contributed by atoms with van der Waals surface area (Å²) in [6.45, 7) is 4.02. The van der Waals surface area contributed by atoms with Gasteiger partial charge >= 0.3 is 11.9 Å². The average molecular weight is 944 g/mol. The molecule has 68 heavy (non-hydrogen) atoms. The minimum atomic E-state index is -0.780. The van der Waals surface area contributed by atoms with Crippen molar-refractivity contribution < 1.29 is 24.2 Å². The largest absolute Gasteiger partial charge is 0.462 e. The quantitative estimate of drug-likeness (QED) is 0.0374. The van der Waals surface area contributed by atoms with E-state index in [9.17, 15) is 14.7 Å². The van der Waals surface area contributed by atoms with Crippen LogP contribution in [0.25, 0.3) is 0 Å². The van der Waals surface area contributed by atoms with Crippen molar-refractivity contribution in [3.63, 3.8) is 0 Å². The summed E-state index contributed by atoms with van der Waals surface area (Å²) in [7, 11) is 0. The van der Waals surface area contributed by atoms with Crippen molar-refractivity contribution in [3.8, 4) is 0 Å². The monoisotopic (exact) mass is 943 g/mol. The number of hydrogen-bond donors (Lipinski definition) is 1. The van der Waals surface area contributed by atoms with Gasteiger partial charge in [0.2, 0.25) is 0 Å². The Kier molecular flexibility index (Phi) is 54.9. The van der Waals surface area contributed by atoms with E-state index in [2.05, 4.69) is 123 Å². The number of aliphatic hydroxyl groups is 1. The predicted molar refractivity (Wildman–Crippen MR) is 297 cm³/mol. The summed E-state index contributed by atoms with van der Waals surface area (Å²) in [5.41, 5.74) is 0. The maximum Gasteiger partial charge on any atom is 0.306 e. The Morgan fingerprint density at radius 3 is 0.971 bits per heavy atom. The number of unbranched alkanes of at least 4 members (excludes halogenated alkanes) is 25. The van der Waals surface area contributed by atoms with Crippen molar-refractivity contribution in [2.24, 2.45) is 0 Å². The highest BCUT2D eigenvalue weighted by atomic mass is 16.6. The molecule has 0 spiro atoms. The van der Waals surface area contributed by atoms with Gasteiger partial charge < -0.3 is 14.6 Å². The highest BCUT2D eigenvalue weighted by molar-refractivity contribution is 5.70. The van der Waals surface area contributed by atoms with Crippen LogP contribution in [0.2, 0.25) is 0 Å². The lowest BCUT2D eigenvalue weighted by atomic mass is 10.0. The van der Waals surface area contributed by atoms with Crippen LogP contribution in [0.15, 0.2) is 109 Å². The second-order valence-corrected chi connectivity index (χ2v) is 18.6. The van der Waals surface area contributed by atoms with E-state index in [0.29, 0.717) is 12.8 Å². The van der Waals surface area contributed by atoms with Gasteiger partial charge in [-0.3, -0.25) is 9.59 Å². The van der Waals surface area contributed by atoms with Gasteiger partial charge in [-0.15, -0.1) is 0 Å². The number of carbonyl (C=O) groups excluding carboxylic acids is 2. The number of hydrogen-bond acceptors (Lipinski definition) is 5. The number of rotatable bonds is 51. The lowest BCUT2D eigenvalue weighted by Crippen LogP contribution is -2.28. The summed E-state index contributed by atoms with van der Waals surface area (Å²) in [5.74, 6) is -0.597. The molecule has 0 fully saturated rings. The molecule has 5 heteroatoms. The number of ether oxygens (including phenoxy) is 2. The molecule has 0 amide bonds. The normalized spacial score (nSPS) is 13.0. The van der Waals surface area contributed by atoms with E-state index in [4.69, 9.17) is 9.47 Å². The van der Waals surface area contributed by atoms with Crippen LogP contribution >= 0.6 is 0 Å². The van der Waals surface area contributed by atoms with E-state index < -0.39 is 6.10 Å². The highest BCUT2D eigenvalue weighted by Gasteiger charge is 2.16. The molecule has 0 heterocycles. The first-order valence-corrected chi connectivity index (χ1v) is 28.4. The van der Waals surface area contributed by atoms with Crippen LogP contribution in [-0.2, 0) is 19.1 Å². The van der Waals surface area contributed by atoms with E-state index in [1.807, 2.05) is 0 Å². The predicted octanol–water partition coefficient (Wildman–Crippen LogP) is 19.3. The first-order valence-electron chi connectivity index (χ1n) is 28.4. The van der Waals surface area contributed by atoms with Gasteiger partial charge in [-0.25, -0.2) is 0 Å². The molecule has 1 atom stereocenters. The molecule has 0 aliphatic carbocycles. The first kappa shape index (κ1) is 64.6. The van der Waals surface area contributed by atoms with Gasteiger partial charge in [-0.1, -0.05) is 252 Å². The zero-order valence-electron chi connectivity index (χ0n) is 44.3. The van der Waals surface area contributed by atoms with Gasteiger partial charge in [0.1, 0.15) is 6.61 Å². The SMILES string of the molecule is CC/C=C\C/C=C\C/C=C\C/C=C\C/C=C\C/C=C\C/C=C\C/C=C\CCCCCCCCCCCCCCC(=O)OC(CO)COC(=O)CCCCCCCCC/C=C\CCCCCCCC. The smallest absolute Gasteiger partial charge is 0.306 e.